The molecule has 0 aromatic carbocycles. The lowest BCUT2D eigenvalue weighted by atomic mass is 10.4. The number of aromatic nitrogens is 1. The first-order valence-corrected chi connectivity index (χ1v) is 3.94. The van der Waals surface area contributed by atoms with Crippen molar-refractivity contribution in [3.05, 3.63) is 18.3 Å². The Hall–Kier alpha value is -1.82. The zero-order valence-electron chi connectivity index (χ0n) is 7.64. The number of pyridine rings is 1. The summed E-state index contributed by atoms with van der Waals surface area (Å²) in [6, 6.07) is 3.06. The molecule has 0 saturated carbocycles. The Morgan fingerprint density at radius 2 is 2.43 bits per heavy atom. The van der Waals surface area contributed by atoms with Crippen LogP contribution in [-0.4, -0.2) is 34.8 Å². The molecule has 0 amide bonds. The minimum absolute atomic E-state index is 0.00658. The maximum absolute atomic E-state index is 10.2. The SMILES string of the molecule is CN(NCC(=O)O)c1ncccc1O. The number of carboxylic acids is 1. The van der Waals surface area contributed by atoms with Gasteiger partial charge in [0.1, 0.15) is 6.54 Å². The fraction of sp³-hybridized carbons (Fsp3) is 0.250. The molecule has 0 aliphatic carbocycles. The molecule has 0 aliphatic heterocycles. The number of carboxylic acid groups (broad SMARTS) is 1. The van der Waals surface area contributed by atoms with Crippen LogP contribution in [0.1, 0.15) is 0 Å². The average molecular weight is 197 g/mol. The van der Waals surface area contributed by atoms with E-state index in [-0.39, 0.29) is 18.1 Å². The molecule has 0 radical (unpaired) electrons. The number of hydrogen-bond donors (Lipinski definition) is 3. The van der Waals surface area contributed by atoms with E-state index in [0.29, 0.717) is 0 Å². The van der Waals surface area contributed by atoms with E-state index < -0.39 is 5.97 Å². The van der Waals surface area contributed by atoms with Crippen molar-refractivity contribution in [2.75, 3.05) is 18.6 Å². The van der Waals surface area contributed by atoms with Crippen LogP contribution >= 0.6 is 0 Å². The van der Waals surface area contributed by atoms with Crippen LogP contribution in [-0.2, 0) is 4.79 Å². The quantitative estimate of drug-likeness (QED) is 0.580. The molecule has 0 atom stereocenters. The summed E-state index contributed by atoms with van der Waals surface area (Å²) in [6.07, 6.45) is 1.51. The lowest BCUT2D eigenvalue weighted by Gasteiger charge is -2.18. The Labute approximate surface area is 80.8 Å². The number of hydrogen-bond acceptors (Lipinski definition) is 5. The first-order valence-electron chi connectivity index (χ1n) is 3.94. The molecule has 1 aromatic heterocycles. The van der Waals surface area contributed by atoms with Crippen LogP contribution in [0.2, 0.25) is 0 Å². The van der Waals surface area contributed by atoms with Crippen molar-refractivity contribution in [3.8, 4) is 5.75 Å². The van der Waals surface area contributed by atoms with E-state index in [9.17, 15) is 9.90 Å². The van der Waals surface area contributed by atoms with Gasteiger partial charge in [0.2, 0.25) is 0 Å². The Balaban J connectivity index is 2.65. The monoisotopic (exact) mass is 197 g/mol. The fourth-order valence-corrected chi connectivity index (χ4v) is 0.908. The van der Waals surface area contributed by atoms with Gasteiger partial charge >= 0.3 is 5.97 Å². The second-order valence-electron chi connectivity index (χ2n) is 2.63. The minimum atomic E-state index is -0.979. The van der Waals surface area contributed by atoms with E-state index in [0.717, 1.165) is 0 Å². The van der Waals surface area contributed by atoms with Gasteiger partial charge in [0.25, 0.3) is 0 Å². The number of rotatable bonds is 4. The summed E-state index contributed by atoms with van der Waals surface area (Å²) >= 11 is 0. The maximum Gasteiger partial charge on any atom is 0.319 e. The number of anilines is 1. The lowest BCUT2D eigenvalue weighted by Crippen LogP contribution is -2.38. The first kappa shape index (κ1) is 10.3. The van der Waals surface area contributed by atoms with E-state index in [1.54, 1.807) is 13.1 Å². The molecule has 3 N–H and O–H groups in total. The highest BCUT2D eigenvalue weighted by atomic mass is 16.4. The highest BCUT2D eigenvalue weighted by Crippen LogP contribution is 2.20. The van der Waals surface area contributed by atoms with Crippen molar-refractivity contribution in [2.45, 2.75) is 0 Å². The normalized spacial score (nSPS) is 9.79. The van der Waals surface area contributed by atoms with Crippen LogP contribution in [0, 0.1) is 0 Å². The number of hydrazine groups is 1. The summed E-state index contributed by atoms with van der Waals surface area (Å²) in [4.78, 5) is 14.1. The van der Waals surface area contributed by atoms with Gasteiger partial charge in [-0.05, 0) is 12.1 Å². The van der Waals surface area contributed by atoms with E-state index in [1.807, 2.05) is 0 Å². The smallest absolute Gasteiger partial charge is 0.319 e. The molecule has 1 rings (SSSR count). The van der Waals surface area contributed by atoms with Gasteiger partial charge in [-0.15, -0.1) is 0 Å². The van der Waals surface area contributed by atoms with E-state index >= 15 is 0 Å². The predicted molar refractivity (Wildman–Crippen MR) is 49.9 cm³/mol. The second kappa shape index (κ2) is 4.43. The largest absolute Gasteiger partial charge is 0.504 e. The molecule has 0 fully saturated rings. The van der Waals surface area contributed by atoms with Crippen LogP contribution in [0.3, 0.4) is 0 Å². The summed E-state index contributed by atoms with van der Waals surface area (Å²) < 4.78 is 0. The predicted octanol–water partition coefficient (Wildman–Crippen LogP) is -0.187. The zero-order valence-corrected chi connectivity index (χ0v) is 7.64. The first-order chi connectivity index (χ1) is 6.61. The van der Waals surface area contributed by atoms with Crippen molar-refractivity contribution >= 4 is 11.8 Å². The molecule has 14 heavy (non-hydrogen) atoms. The van der Waals surface area contributed by atoms with Gasteiger partial charge in [0.15, 0.2) is 11.6 Å². The molecule has 0 bridgehead atoms. The molecule has 1 aromatic rings. The Morgan fingerprint density at radius 3 is 3.00 bits per heavy atom. The van der Waals surface area contributed by atoms with Crippen molar-refractivity contribution in [1.82, 2.24) is 10.4 Å². The third kappa shape index (κ3) is 2.60. The summed E-state index contributed by atoms with van der Waals surface area (Å²) in [5, 5.41) is 19.1. The van der Waals surface area contributed by atoms with Gasteiger partial charge in [0.05, 0.1) is 0 Å². The molecular weight excluding hydrogens is 186 g/mol. The summed E-state index contributed by atoms with van der Waals surface area (Å²) in [7, 11) is 1.57. The standard InChI is InChI=1S/C8H11N3O3/c1-11(10-5-7(13)14)8-6(12)3-2-4-9-8/h2-4,10,12H,5H2,1H3,(H,13,14). The van der Waals surface area contributed by atoms with E-state index in [1.165, 1.54) is 17.3 Å². The Kier molecular flexibility index (Phi) is 3.24. The van der Waals surface area contributed by atoms with Crippen LogP contribution in [0.5, 0.6) is 5.75 Å². The number of nitrogens with zero attached hydrogens (tertiary/aromatic N) is 2. The number of aromatic hydroxyl groups is 1. The molecule has 0 aliphatic rings. The number of carbonyl (C=O) groups is 1. The second-order valence-corrected chi connectivity index (χ2v) is 2.63. The van der Waals surface area contributed by atoms with Crippen molar-refractivity contribution in [2.24, 2.45) is 0 Å². The van der Waals surface area contributed by atoms with E-state index in [4.69, 9.17) is 5.11 Å². The third-order valence-corrected chi connectivity index (χ3v) is 1.55. The van der Waals surface area contributed by atoms with Gasteiger partial charge in [-0.3, -0.25) is 9.80 Å². The molecule has 1 heterocycles. The highest BCUT2D eigenvalue weighted by Gasteiger charge is 2.07. The highest BCUT2D eigenvalue weighted by molar-refractivity contribution is 5.69. The number of nitrogens with one attached hydrogen (secondary N) is 1. The maximum atomic E-state index is 10.2. The summed E-state index contributed by atoms with van der Waals surface area (Å²) in [5.74, 6) is -0.700. The van der Waals surface area contributed by atoms with Crippen LogP contribution < -0.4 is 10.4 Å². The van der Waals surface area contributed by atoms with E-state index in [2.05, 4.69) is 10.4 Å². The topological polar surface area (TPSA) is 85.7 Å². The molecule has 0 spiro atoms. The van der Waals surface area contributed by atoms with Gasteiger partial charge in [0, 0.05) is 13.2 Å². The molecule has 0 saturated heterocycles. The van der Waals surface area contributed by atoms with Crippen LogP contribution in [0.25, 0.3) is 0 Å². The fourth-order valence-electron chi connectivity index (χ4n) is 0.908. The molecule has 76 valence electrons. The third-order valence-electron chi connectivity index (χ3n) is 1.55. The molecule has 6 nitrogen and oxygen atoms in total. The van der Waals surface area contributed by atoms with Gasteiger partial charge < -0.3 is 10.2 Å². The Bertz CT molecular complexity index is 329. The molecule has 0 unspecified atom stereocenters. The minimum Gasteiger partial charge on any atom is -0.504 e. The zero-order chi connectivity index (χ0) is 10.6. The van der Waals surface area contributed by atoms with Gasteiger partial charge in [-0.25, -0.2) is 10.4 Å². The summed E-state index contributed by atoms with van der Waals surface area (Å²) in [6.45, 7) is -0.230. The van der Waals surface area contributed by atoms with Crippen LogP contribution in [0.15, 0.2) is 18.3 Å². The molecular formula is C8H11N3O3. The van der Waals surface area contributed by atoms with Crippen LogP contribution in [0.4, 0.5) is 5.82 Å². The summed E-state index contributed by atoms with van der Waals surface area (Å²) in [5.41, 5.74) is 2.55. The average Bonchev–Trinajstić information content (AvgIpc) is 2.15. The van der Waals surface area contributed by atoms with Crippen molar-refractivity contribution in [1.29, 1.82) is 0 Å². The van der Waals surface area contributed by atoms with Gasteiger partial charge in [-0.2, -0.15) is 0 Å². The Morgan fingerprint density at radius 1 is 1.71 bits per heavy atom. The lowest BCUT2D eigenvalue weighted by molar-refractivity contribution is -0.136. The van der Waals surface area contributed by atoms with Crippen molar-refractivity contribution in [3.63, 3.8) is 0 Å². The van der Waals surface area contributed by atoms with Gasteiger partial charge in [-0.1, -0.05) is 0 Å². The number of aliphatic carboxylic acids is 1. The van der Waals surface area contributed by atoms with Crippen molar-refractivity contribution < 1.29 is 15.0 Å². The molecule has 6 heteroatoms.